The molecule has 16 nitrogen and oxygen atoms in total. The van der Waals surface area contributed by atoms with Crippen LogP contribution in [0.5, 0.6) is 11.8 Å². The van der Waals surface area contributed by atoms with E-state index in [9.17, 15) is 27.6 Å². The molecule has 3 aromatic heterocycles. The Morgan fingerprint density at radius 1 is 0.704 bits per heavy atom. The number of amides is 3. The molecule has 0 spiro atoms. The number of alkyl carbamates (subject to hydrolysis) is 2. The van der Waals surface area contributed by atoms with Gasteiger partial charge in [0.15, 0.2) is 0 Å². The number of alkyl halides is 3. The molecule has 0 aliphatic heterocycles. The van der Waals surface area contributed by atoms with Crippen molar-refractivity contribution in [1.29, 1.82) is 10.8 Å². The van der Waals surface area contributed by atoms with Gasteiger partial charge in [-0.15, -0.1) is 0 Å². The fourth-order valence-corrected chi connectivity index (χ4v) is 4.40. The number of hydrogen-bond donors (Lipinski definition) is 4. The zero-order valence-electron chi connectivity index (χ0n) is 31.0. The monoisotopic (exact) mass is 761 g/mol. The highest BCUT2D eigenvalue weighted by Gasteiger charge is 2.38. The molecule has 0 saturated carbocycles. The fraction of sp³-hybridized carbons (Fsp3) is 0.486. The number of carbonyl (C=O) groups is 3. The van der Waals surface area contributed by atoms with Crippen molar-refractivity contribution in [3.8, 4) is 11.8 Å². The molecule has 294 valence electrons. The van der Waals surface area contributed by atoms with Crippen LogP contribution in [-0.2, 0) is 27.4 Å². The minimum atomic E-state index is -5.13. The number of rotatable bonds is 14. The number of ether oxygens (including phenoxy) is 4. The number of aryl methyl sites for hydroxylation is 2. The highest BCUT2D eigenvalue weighted by molar-refractivity contribution is 6.05. The summed E-state index contributed by atoms with van der Waals surface area (Å²) in [5.74, 6) is -2.05. The maximum atomic E-state index is 13.1. The van der Waals surface area contributed by atoms with E-state index in [0.717, 1.165) is 0 Å². The molecule has 3 heterocycles. The third-order valence-corrected chi connectivity index (χ3v) is 6.77. The standard InChI is InChI=1S/C35H46F3N9O7/c1-33(2,3)53-31(49)43-27(39)23-11-13-25(41-21-23)51-19-9-7-15-46-17-18-47(30(46)45-29(48)35(36,37)38)16-8-10-20-52-26-14-12-24(22-42-26)28(40)44-32(50)54-34(4,5)6/h11-14,17-18,21-22H,7-10,15-16,19-20H2,1-6H3,(H2,39,43,49)(H2,40,44,50). The smallest absolute Gasteiger partial charge is 0.473 e. The molecule has 0 radical (unpaired) electrons. The molecule has 0 aromatic carbocycles. The van der Waals surface area contributed by atoms with Gasteiger partial charge in [-0.2, -0.15) is 18.2 Å². The normalized spacial score (nSPS) is 11.6. The van der Waals surface area contributed by atoms with E-state index in [4.69, 9.17) is 29.8 Å². The number of pyridine rings is 2. The van der Waals surface area contributed by atoms with Crippen LogP contribution >= 0.6 is 0 Å². The first-order valence-electron chi connectivity index (χ1n) is 17.0. The summed E-state index contributed by atoms with van der Waals surface area (Å²) in [6.45, 7) is 11.2. The lowest BCUT2D eigenvalue weighted by molar-refractivity contribution is -0.169. The number of amidine groups is 2. The van der Waals surface area contributed by atoms with Gasteiger partial charge in [-0.25, -0.2) is 19.6 Å². The van der Waals surface area contributed by atoms with E-state index in [1.54, 1.807) is 66.1 Å². The second-order valence-electron chi connectivity index (χ2n) is 13.8. The van der Waals surface area contributed by atoms with Crippen molar-refractivity contribution in [3.63, 3.8) is 0 Å². The Hall–Kier alpha value is -5.75. The van der Waals surface area contributed by atoms with Crippen LogP contribution < -0.4 is 25.7 Å². The first-order valence-corrected chi connectivity index (χ1v) is 17.0. The molecule has 0 aliphatic rings. The summed E-state index contributed by atoms with van der Waals surface area (Å²) in [6.07, 6.45) is 1.14. The topological polar surface area (TPSA) is 208 Å². The molecular weight excluding hydrogens is 715 g/mol. The van der Waals surface area contributed by atoms with Gasteiger partial charge in [0.25, 0.3) is 0 Å². The molecule has 3 amide bonds. The third kappa shape index (κ3) is 15.1. The Labute approximate surface area is 310 Å². The quantitative estimate of drug-likeness (QED) is 0.0930. The Morgan fingerprint density at radius 3 is 1.44 bits per heavy atom. The molecule has 19 heteroatoms. The molecule has 0 bridgehead atoms. The number of carbonyl (C=O) groups excluding carboxylic acids is 3. The summed E-state index contributed by atoms with van der Waals surface area (Å²) < 4.78 is 63.9. The number of nitrogens with one attached hydrogen (secondary N) is 4. The predicted octanol–water partition coefficient (Wildman–Crippen LogP) is 5.49. The van der Waals surface area contributed by atoms with Crippen LogP contribution in [0.15, 0.2) is 54.0 Å². The summed E-state index contributed by atoms with van der Waals surface area (Å²) in [7, 11) is 0. The predicted molar refractivity (Wildman–Crippen MR) is 189 cm³/mol. The first kappa shape index (κ1) is 42.7. The summed E-state index contributed by atoms with van der Waals surface area (Å²) in [4.78, 5) is 47.2. The maximum Gasteiger partial charge on any atom is 0.473 e. The minimum absolute atomic E-state index is 0.140. The first-order chi connectivity index (χ1) is 25.2. The van der Waals surface area contributed by atoms with Gasteiger partial charge < -0.3 is 28.1 Å². The van der Waals surface area contributed by atoms with Crippen LogP contribution in [0.4, 0.5) is 22.8 Å². The number of imidazole rings is 1. The molecule has 0 aliphatic carbocycles. The summed E-state index contributed by atoms with van der Waals surface area (Å²) in [5, 5.41) is 20.7. The van der Waals surface area contributed by atoms with Crippen LogP contribution in [0, 0.1) is 10.8 Å². The van der Waals surface area contributed by atoms with E-state index in [2.05, 4.69) is 25.6 Å². The number of unbranched alkanes of at least 4 members (excludes halogenated alkanes) is 2. The van der Waals surface area contributed by atoms with Crippen molar-refractivity contribution in [3.05, 3.63) is 65.8 Å². The van der Waals surface area contributed by atoms with Gasteiger partial charge in [0, 0.05) is 61.1 Å². The highest BCUT2D eigenvalue weighted by Crippen LogP contribution is 2.16. The molecule has 0 unspecified atom stereocenters. The minimum Gasteiger partial charge on any atom is -0.478 e. The van der Waals surface area contributed by atoms with Crippen molar-refractivity contribution in [2.24, 2.45) is 4.99 Å². The molecule has 0 fully saturated rings. The van der Waals surface area contributed by atoms with E-state index in [0.29, 0.717) is 36.8 Å². The Morgan fingerprint density at radius 2 is 1.11 bits per heavy atom. The van der Waals surface area contributed by atoms with Crippen LogP contribution in [0.25, 0.3) is 0 Å². The van der Waals surface area contributed by atoms with Crippen molar-refractivity contribution in [2.45, 2.75) is 97.7 Å². The third-order valence-electron chi connectivity index (χ3n) is 6.77. The SMILES string of the molecule is CC(C)(C)OC(=O)NC(=N)c1ccc(OCCCCn2ccn(CCCCOc3ccc(C(=N)NC(=O)OC(C)(C)C)cn3)c2=NC(=O)C(F)(F)F)nc1. The lowest BCUT2D eigenvalue weighted by Crippen LogP contribution is -2.36. The van der Waals surface area contributed by atoms with Crippen LogP contribution in [0.3, 0.4) is 0 Å². The molecule has 54 heavy (non-hydrogen) atoms. The van der Waals surface area contributed by atoms with Crippen LogP contribution in [-0.4, -0.2) is 79.5 Å². The second-order valence-corrected chi connectivity index (χ2v) is 13.8. The van der Waals surface area contributed by atoms with Gasteiger partial charge in [0.2, 0.25) is 17.4 Å². The lowest BCUT2D eigenvalue weighted by atomic mass is 10.2. The summed E-state index contributed by atoms with van der Waals surface area (Å²) in [5.41, 5.74) is -0.899. The van der Waals surface area contributed by atoms with Gasteiger partial charge >= 0.3 is 24.3 Å². The summed E-state index contributed by atoms with van der Waals surface area (Å²) in [6, 6.07) is 6.17. The van der Waals surface area contributed by atoms with Gasteiger partial charge in [-0.1, -0.05) is 0 Å². The van der Waals surface area contributed by atoms with E-state index in [1.165, 1.54) is 33.7 Å². The van der Waals surface area contributed by atoms with Gasteiger partial charge in [0.1, 0.15) is 22.9 Å². The zero-order valence-corrected chi connectivity index (χ0v) is 31.0. The summed E-state index contributed by atoms with van der Waals surface area (Å²) >= 11 is 0. The molecule has 4 N–H and O–H groups in total. The fourth-order valence-electron chi connectivity index (χ4n) is 4.40. The van der Waals surface area contributed by atoms with E-state index in [1.807, 2.05) is 0 Å². The number of halogens is 3. The molecule has 0 saturated heterocycles. The van der Waals surface area contributed by atoms with Crippen molar-refractivity contribution in [2.75, 3.05) is 13.2 Å². The number of hydrogen-bond acceptors (Lipinski definition) is 11. The average Bonchev–Trinajstić information content (AvgIpc) is 3.43. The Balaban J connectivity index is 1.47. The lowest BCUT2D eigenvalue weighted by Gasteiger charge is -2.19. The van der Waals surface area contributed by atoms with Crippen LogP contribution in [0.2, 0.25) is 0 Å². The zero-order chi connectivity index (χ0) is 40.1. The molecule has 3 rings (SSSR count). The molecule has 0 atom stereocenters. The average molecular weight is 762 g/mol. The van der Waals surface area contributed by atoms with E-state index < -0.39 is 35.5 Å². The second kappa shape index (κ2) is 18.8. The van der Waals surface area contributed by atoms with Gasteiger partial charge in [0.05, 0.1) is 13.2 Å². The van der Waals surface area contributed by atoms with E-state index >= 15 is 0 Å². The van der Waals surface area contributed by atoms with Crippen LogP contribution in [0.1, 0.15) is 78.4 Å². The highest BCUT2D eigenvalue weighted by atomic mass is 19.4. The van der Waals surface area contributed by atoms with Gasteiger partial charge in [-0.05, 0) is 79.4 Å². The van der Waals surface area contributed by atoms with Crippen molar-refractivity contribution < 1.29 is 46.5 Å². The van der Waals surface area contributed by atoms with Crippen molar-refractivity contribution >= 4 is 29.8 Å². The number of nitrogens with zero attached hydrogens (tertiary/aromatic N) is 5. The molecular formula is C35H46F3N9O7. The molecule has 3 aromatic rings. The largest absolute Gasteiger partial charge is 0.478 e. The van der Waals surface area contributed by atoms with Gasteiger partial charge in [-0.3, -0.25) is 26.2 Å². The Bertz CT molecular complexity index is 1710. The number of aromatic nitrogens is 4. The van der Waals surface area contributed by atoms with E-state index in [-0.39, 0.29) is 55.4 Å². The maximum absolute atomic E-state index is 13.1. The van der Waals surface area contributed by atoms with Crippen molar-refractivity contribution in [1.82, 2.24) is 29.7 Å². The Kier molecular flexibility index (Phi) is 14.9.